The normalized spacial score (nSPS) is 17.9. The summed E-state index contributed by atoms with van der Waals surface area (Å²) in [6.07, 6.45) is 0.224. The number of carboxylic acid groups (broad SMARTS) is 1. The molecule has 1 N–H and O–H groups in total. The molecular weight excluding hydrogens is 320 g/mol. The van der Waals surface area contributed by atoms with Crippen LogP contribution in [0, 0.1) is 0 Å². The Morgan fingerprint density at radius 3 is 2.48 bits per heavy atom. The van der Waals surface area contributed by atoms with Crippen LogP contribution in [0.3, 0.4) is 0 Å². The maximum absolute atomic E-state index is 12.5. The van der Waals surface area contributed by atoms with Gasteiger partial charge in [-0.05, 0) is 18.1 Å². The van der Waals surface area contributed by atoms with Gasteiger partial charge in [0, 0.05) is 20.0 Å². The van der Waals surface area contributed by atoms with Gasteiger partial charge in [0.15, 0.2) is 0 Å². The number of carbonyl (C=O) groups excluding carboxylic acids is 1. The highest BCUT2D eigenvalue weighted by Crippen LogP contribution is 2.23. The van der Waals surface area contributed by atoms with Crippen molar-refractivity contribution in [1.82, 2.24) is 9.21 Å². The van der Waals surface area contributed by atoms with Gasteiger partial charge in [-0.1, -0.05) is 24.3 Å². The van der Waals surface area contributed by atoms with E-state index in [1.807, 2.05) is 24.3 Å². The monoisotopic (exact) mass is 340 g/mol. The van der Waals surface area contributed by atoms with Gasteiger partial charge in [-0.2, -0.15) is 4.31 Å². The second kappa shape index (κ2) is 6.67. The Labute approximate surface area is 135 Å². The molecule has 1 aromatic rings. The SMILES string of the molecule is CCS(=O)(=O)N(C)CC(=O)N1Cc2ccccc2CC1C(=O)O. The summed E-state index contributed by atoms with van der Waals surface area (Å²) >= 11 is 0. The fourth-order valence-electron chi connectivity index (χ4n) is 2.61. The van der Waals surface area contributed by atoms with E-state index in [-0.39, 0.29) is 25.3 Å². The van der Waals surface area contributed by atoms with Crippen LogP contribution in [-0.2, 0) is 32.6 Å². The molecule has 0 aliphatic carbocycles. The van der Waals surface area contributed by atoms with E-state index in [0.29, 0.717) is 0 Å². The number of hydrogen-bond acceptors (Lipinski definition) is 4. The maximum atomic E-state index is 12.5. The first kappa shape index (κ1) is 17.4. The van der Waals surface area contributed by atoms with Crippen LogP contribution in [0.5, 0.6) is 0 Å². The van der Waals surface area contributed by atoms with Crippen LogP contribution in [0.15, 0.2) is 24.3 Å². The number of aliphatic carboxylic acids is 1. The third-order valence-corrected chi connectivity index (χ3v) is 5.86. The lowest BCUT2D eigenvalue weighted by Gasteiger charge is -2.35. The minimum absolute atomic E-state index is 0.109. The van der Waals surface area contributed by atoms with Crippen molar-refractivity contribution in [3.8, 4) is 0 Å². The minimum Gasteiger partial charge on any atom is -0.480 e. The van der Waals surface area contributed by atoms with E-state index in [0.717, 1.165) is 15.4 Å². The van der Waals surface area contributed by atoms with Crippen molar-refractivity contribution in [1.29, 1.82) is 0 Å². The third-order valence-electron chi connectivity index (χ3n) is 4.05. The van der Waals surface area contributed by atoms with E-state index in [9.17, 15) is 23.1 Å². The highest BCUT2D eigenvalue weighted by atomic mass is 32.2. The zero-order chi connectivity index (χ0) is 17.2. The van der Waals surface area contributed by atoms with Crippen LogP contribution in [0.4, 0.5) is 0 Å². The van der Waals surface area contributed by atoms with Gasteiger partial charge in [0.1, 0.15) is 6.04 Å². The zero-order valence-electron chi connectivity index (χ0n) is 13.1. The molecule has 0 radical (unpaired) electrons. The minimum atomic E-state index is -3.49. The molecule has 1 aliphatic heterocycles. The molecule has 1 aromatic carbocycles. The van der Waals surface area contributed by atoms with E-state index in [4.69, 9.17) is 0 Å². The van der Waals surface area contributed by atoms with Crippen LogP contribution >= 0.6 is 0 Å². The van der Waals surface area contributed by atoms with Crippen molar-refractivity contribution in [2.45, 2.75) is 25.9 Å². The molecule has 8 heteroatoms. The molecule has 0 aromatic heterocycles. The highest BCUT2D eigenvalue weighted by Gasteiger charge is 2.35. The molecule has 23 heavy (non-hydrogen) atoms. The number of likely N-dealkylation sites (N-methyl/N-ethyl adjacent to an activating group) is 1. The summed E-state index contributed by atoms with van der Waals surface area (Å²) in [5, 5.41) is 9.40. The lowest BCUT2D eigenvalue weighted by atomic mass is 9.94. The number of amides is 1. The van der Waals surface area contributed by atoms with E-state index >= 15 is 0 Å². The summed E-state index contributed by atoms with van der Waals surface area (Å²) in [4.78, 5) is 25.2. The first-order valence-corrected chi connectivity index (χ1v) is 8.90. The molecule has 1 aliphatic rings. The molecule has 0 saturated heterocycles. The molecule has 1 amide bonds. The van der Waals surface area contributed by atoms with Gasteiger partial charge in [-0.3, -0.25) is 4.79 Å². The molecule has 1 atom stereocenters. The van der Waals surface area contributed by atoms with E-state index in [2.05, 4.69) is 0 Å². The molecule has 1 heterocycles. The van der Waals surface area contributed by atoms with Crippen molar-refractivity contribution in [3.05, 3.63) is 35.4 Å². The quantitative estimate of drug-likeness (QED) is 0.832. The van der Waals surface area contributed by atoms with Crippen LogP contribution in [0.2, 0.25) is 0 Å². The summed E-state index contributed by atoms with van der Waals surface area (Å²) in [5.41, 5.74) is 1.79. The molecule has 0 bridgehead atoms. The number of hydrogen-bond donors (Lipinski definition) is 1. The summed E-state index contributed by atoms with van der Waals surface area (Å²) in [7, 11) is -2.17. The second-order valence-electron chi connectivity index (χ2n) is 5.51. The fraction of sp³-hybridized carbons (Fsp3) is 0.467. The van der Waals surface area contributed by atoms with Gasteiger partial charge in [0.25, 0.3) is 0 Å². The van der Waals surface area contributed by atoms with Crippen LogP contribution < -0.4 is 0 Å². The number of sulfonamides is 1. The largest absolute Gasteiger partial charge is 0.480 e. The van der Waals surface area contributed by atoms with Crippen molar-refractivity contribution in [2.24, 2.45) is 0 Å². The number of carboxylic acids is 1. The molecule has 0 spiro atoms. The van der Waals surface area contributed by atoms with Crippen LogP contribution in [-0.4, -0.2) is 60.0 Å². The topological polar surface area (TPSA) is 95.0 Å². The Morgan fingerprint density at radius 2 is 1.91 bits per heavy atom. The van der Waals surface area contributed by atoms with Gasteiger partial charge in [0.05, 0.1) is 12.3 Å². The molecule has 0 saturated carbocycles. The van der Waals surface area contributed by atoms with Crippen molar-refractivity contribution < 1.29 is 23.1 Å². The smallest absolute Gasteiger partial charge is 0.326 e. The molecule has 0 fully saturated rings. The first-order valence-electron chi connectivity index (χ1n) is 7.29. The zero-order valence-corrected chi connectivity index (χ0v) is 13.9. The molecule has 7 nitrogen and oxygen atoms in total. The lowest BCUT2D eigenvalue weighted by Crippen LogP contribution is -2.51. The van der Waals surface area contributed by atoms with Crippen molar-refractivity contribution >= 4 is 21.9 Å². The number of nitrogens with zero attached hydrogens (tertiary/aromatic N) is 2. The number of carbonyl (C=O) groups is 2. The third kappa shape index (κ3) is 3.70. The summed E-state index contributed by atoms with van der Waals surface area (Å²) in [6, 6.07) is 6.38. The predicted octanol–water partition coefficient (Wildman–Crippen LogP) is 0.306. The van der Waals surface area contributed by atoms with Gasteiger partial charge in [-0.15, -0.1) is 0 Å². The molecule has 2 rings (SSSR count). The number of fused-ring (bicyclic) bond motifs is 1. The van der Waals surface area contributed by atoms with E-state index in [1.54, 1.807) is 0 Å². The Bertz CT molecular complexity index is 716. The second-order valence-corrected chi connectivity index (χ2v) is 7.87. The predicted molar refractivity (Wildman–Crippen MR) is 84.2 cm³/mol. The lowest BCUT2D eigenvalue weighted by molar-refractivity contribution is -0.151. The summed E-state index contributed by atoms with van der Waals surface area (Å²) < 4.78 is 24.5. The fourth-order valence-corrected chi connectivity index (χ4v) is 3.35. The average molecular weight is 340 g/mol. The van der Waals surface area contributed by atoms with Gasteiger partial charge in [0.2, 0.25) is 15.9 Å². The van der Waals surface area contributed by atoms with Gasteiger partial charge >= 0.3 is 5.97 Å². The Balaban J connectivity index is 2.22. The Hall–Kier alpha value is -1.93. The van der Waals surface area contributed by atoms with Gasteiger partial charge < -0.3 is 10.0 Å². The summed E-state index contributed by atoms with van der Waals surface area (Å²) in [5.74, 6) is -1.71. The number of rotatable bonds is 5. The Kier molecular flexibility index (Phi) is 5.06. The van der Waals surface area contributed by atoms with Crippen molar-refractivity contribution in [3.63, 3.8) is 0 Å². The molecular formula is C15H20N2O5S. The molecule has 126 valence electrons. The van der Waals surface area contributed by atoms with E-state index in [1.165, 1.54) is 18.9 Å². The number of benzene rings is 1. The van der Waals surface area contributed by atoms with Crippen LogP contribution in [0.1, 0.15) is 18.1 Å². The van der Waals surface area contributed by atoms with Crippen LogP contribution in [0.25, 0.3) is 0 Å². The van der Waals surface area contributed by atoms with Crippen molar-refractivity contribution in [2.75, 3.05) is 19.3 Å². The highest BCUT2D eigenvalue weighted by molar-refractivity contribution is 7.89. The molecule has 1 unspecified atom stereocenters. The summed E-state index contributed by atoms with van der Waals surface area (Å²) in [6.45, 7) is 1.31. The average Bonchev–Trinajstić information content (AvgIpc) is 2.53. The van der Waals surface area contributed by atoms with Gasteiger partial charge in [-0.25, -0.2) is 13.2 Å². The Morgan fingerprint density at radius 1 is 1.30 bits per heavy atom. The standard InChI is InChI=1S/C15H20N2O5S/c1-3-23(21,22)16(2)10-14(18)17-9-12-7-5-4-6-11(12)8-13(17)15(19)20/h4-7,13H,3,8-10H2,1-2H3,(H,19,20). The van der Waals surface area contributed by atoms with E-state index < -0.39 is 27.9 Å². The maximum Gasteiger partial charge on any atom is 0.326 e. The first-order chi connectivity index (χ1) is 10.8.